The number of phenolic OH excluding ortho intramolecular Hbond substituents is 1. The third-order valence-corrected chi connectivity index (χ3v) is 6.93. The Hall–Kier alpha value is -4.24. The first-order valence-electron chi connectivity index (χ1n) is 12.3. The first-order chi connectivity index (χ1) is 18.4. The van der Waals surface area contributed by atoms with E-state index in [1.165, 1.54) is 23.0 Å². The van der Waals surface area contributed by atoms with E-state index >= 15 is 0 Å². The summed E-state index contributed by atoms with van der Waals surface area (Å²) in [7, 11) is 0. The van der Waals surface area contributed by atoms with Crippen molar-refractivity contribution in [1.82, 2.24) is 20.1 Å². The molecule has 0 radical (unpaired) electrons. The lowest BCUT2D eigenvalue weighted by molar-refractivity contribution is 0.102. The smallest absolute Gasteiger partial charge is 0.342 e. The second-order valence-electron chi connectivity index (χ2n) is 9.13. The van der Waals surface area contributed by atoms with Gasteiger partial charge in [0.05, 0.1) is 17.0 Å². The van der Waals surface area contributed by atoms with Gasteiger partial charge < -0.3 is 15.7 Å². The zero-order chi connectivity index (χ0) is 26.6. The quantitative estimate of drug-likeness (QED) is 0.259. The summed E-state index contributed by atoms with van der Waals surface area (Å²) in [5.74, 6) is -0.822. The Balaban J connectivity index is 1.39. The van der Waals surface area contributed by atoms with Gasteiger partial charge in [-0.2, -0.15) is 9.78 Å². The molecule has 1 aliphatic rings. The van der Waals surface area contributed by atoms with Crippen LogP contribution in [0.1, 0.15) is 53.2 Å². The van der Waals surface area contributed by atoms with Crippen LogP contribution in [0.5, 0.6) is 5.75 Å². The molecule has 4 aromatic rings. The summed E-state index contributed by atoms with van der Waals surface area (Å²) in [5.41, 5.74) is 2.50. The normalized spacial score (nSPS) is 13.4. The summed E-state index contributed by atoms with van der Waals surface area (Å²) in [6, 6.07) is 15.4. The van der Waals surface area contributed by atoms with Crippen molar-refractivity contribution in [3.8, 4) is 17.0 Å². The molecular weight excluding hydrogens is 509 g/mol. The number of hydrogen-bond donors (Lipinski definition) is 3. The van der Waals surface area contributed by atoms with Crippen molar-refractivity contribution < 1.29 is 19.1 Å². The van der Waals surface area contributed by atoms with E-state index in [0.717, 1.165) is 31.4 Å². The van der Waals surface area contributed by atoms with Gasteiger partial charge in [-0.1, -0.05) is 42.6 Å². The molecule has 0 bridgehead atoms. The monoisotopic (exact) mass is 533 g/mol. The Morgan fingerprint density at radius 1 is 1.08 bits per heavy atom. The number of carbonyl (C=O) groups is 2. The highest BCUT2D eigenvalue weighted by Crippen LogP contribution is 2.38. The first kappa shape index (κ1) is 25.4. The van der Waals surface area contributed by atoms with Crippen molar-refractivity contribution >= 4 is 29.2 Å². The van der Waals surface area contributed by atoms with Crippen molar-refractivity contribution in [3.05, 3.63) is 94.7 Å². The number of aromatic hydroxyl groups is 1. The van der Waals surface area contributed by atoms with Crippen molar-refractivity contribution in [3.63, 3.8) is 0 Å². The molecule has 2 amide bonds. The molecule has 1 fully saturated rings. The standard InChI is InChI=1S/C28H25ClFN5O3/c29-26-21(9-5-13-31-26)27(37)33-19-11-12-20(25(36)14-19)23-15-24(17-6-1-2-7-17)35(34-23)28(38)32-16-18-8-3-4-10-22(18)30/h3-5,8-15,17,36H,1-2,6-7,16H2,(H,32,38)(H,33,37). The molecule has 8 nitrogen and oxygen atoms in total. The number of halogens is 2. The maximum atomic E-state index is 14.0. The van der Waals surface area contributed by atoms with Gasteiger partial charge in [-0.3, -0.25) is 4.79 Å². The number of nitrogens with zero attached hydrogens (tertiary/aromatic N) is 3. The van der Waals surface area contributed by atoms with Gasteiger partial charge in [0.1, 0.15) is 16.7 Å². The second-order valence-corrected chi connectivity index (χ2v) is 9.48. The van der Waals surface area contributed by atoms with Crippen LogP contribution >= 0.6 is 11.6 Å². The SMILES string of the molecule is O=C(Nc1ccc(-c2cc(C3CCCC3)n(C(=O)NCc3ccccc3F)n2)c(O)c1)c1cccnc1Cl. The van der Waals surface area contributed by atoms with Gasteiger partial charge in [-0.15, -0.1) is 0 Å². The molecule has 194 valence electrons. The zero-order valence-electron chi connectivity index (χ0n) is 20.3. The summed E-state index contributed by atoms with van der Waals surface area (Å²) in [4.78, 5) is 29.6. The minimum atomic E-state index is -0.474. The molecule has 38 heavy (non-hydrogen) atoms. The molecule has 3 N–H and O–H groups in total. The zero-order valence-corrected chi connectivity index (χ0v) is 21.1. The van der Waals surface area contributed by atoms with Crippen LogP contribution in [0, 0.1) is 5.82 Å². The van der Waals surface area contributed by atoms with Crippen molar-refractivity contribution in [2.75, 3.05) is 5.32 Å². The lowest BCUT2D eigenvalue weighted by atomic mass is 10.0. The van der Waals surface area contributed by atoms with Crippen molar-refractivity contribution in [2.45, 2.75) is 38.1 Å². The minimum absolute atomic E-state index is 0.0192. The van der Waals surface area contributed by atoms with Crippen molar-refractivity contribution in [2.24, 2.45) is 0 Å². The first-order valence-corrected chi connectivity index (χ1v) is 12.7. The average molecular weight is 534 g/mol. The molecule has 5 rings (SSSR count). The number of aromatic nitrogens is 3. The van der Waals surface area contributed by atoms with Gasteiger partial charge in [-0.05, 0) is 49.2 Å². The molecule has 1 saturated carbocycles. The molecule has 2 heterocycles. The van der Waals surface area contributed by atoms with E-state index in [2.05, 4.69) is 20.7 Å². The molecule has 0 saturated heterocycles. The van der Waals surface area contributed by atoms with E-state index in [9.17, 15) is 19.1 Å². The molecule has 1 aliphatic carbocycles. The summed E-state index contributed by atoms with van der Waals surface area (Å²) < 4.78 is 15.3. The number of pyridine rings is 1. The molecule has 10 heteroatoms. The maximum absolute atomic E-state index is 14.0. The van der Waals surface area contributed by atoms with Gasteiger partial charge in [0.15, 0.2) is 0 Å². The highest BCUT2D eigenvalue weighted by molar-refractivity contribution is 6.33. The molecule has 2 aromatic carbocycles. The number of anilines is 1. The van der Waals surface area contributed by atoms with Gasteiger partial charge >= 0.3 is 6.03 Å². The van der Waals surface area contributed by atoms with Crippen LogP contribution in [0.4, 0.5) is 14.9 Å². The van der Waals surface area contributed by atoms with Gasteiger partial charge in [0.25, 0.3) is 5.91 Å². The Morgan fingerprint density at radius 2 is 1.87 bits per heavy atom. The summed E-state index contributed by atoms with van der Waals surface area (Å²) >= 11 is 6.00. The molecule has 0 aliphatic heterocycles. The fourth-order valence-electron chi connectivity index (χ4n) is 4.67. The number of benzene rings is 2. The Bertz CT molecular complexity index is 1500. The highest BCUT2D eigenvalue weighted by atomic mass is 35.5. The maximum Gasteiger partial charge on any atom is 0.342 e. The van der Waals surface area contributed by atoms with Crippen LogP contribution in [0.15, 0.2) is 66.9 Å². The molecule has 2 aromatic heterocycles. The fraction of sp³-hybridized carbons (Fsp3) is 0.214. The number of nitrogens with one attached hydrogen (secondary N) is 2. The van der Waals surface area contributed by atoms with Crippen molar-refractivity contribution in [1.29, 1.82) is 0 Å². The Kier molecular flexibility index (Phi) is 7.37. The van der Waals surface area contributed by atoms with Crippen LogP contribution in [0.25, 0.3) is 11.3 Å². The molecule has 0 spiro atoms. The van der Waals surface area contributed by atoms with Gasteiger partial charge in [0.2, 0.25) is 0 Å². The lowest BCUT2D eigenvalue weighted by Crippen LogP contribution is -2.31. The third-order valence-electron chi connectivity index (χ3n) is 6.63. The third kappa shape index (κ3) is 5.38. The topological polar surface area (TPSA) is 109 Å². The van der Waals surface area contributed by atoms with E-state index in [4.69, 9.17) is 11.6 Å². The predicted molar refractivity (Wildman–Crippen MR) is 142 cm³/mol. The molecule has 0 atom stereocenters. The van der Waals surface area contributed by atoms with E-state index < -0.39 is 17.8 Å². The summed E-state index contributed by atoms with van der Waals surface area (Å²) in [6.45, 7) is 0.0192. The minimum Gasteiger partial charge on any atom is -0.507 e. The van der Waals surface area contributed by atoms with Crippen LogP contribution in [0.2, 0.25) is 5.15 Å². The second kappa shape index (κ2) is 11.0. The molecular formula is C28H25ClFN5O3. The highest BCUT2D eigenvalue weighted by Gasteiger charge is 2.26. The van der Waals surface area contributed by atoms with E-state index in [1.807, 2.05) is 0 Å². The fourth-order valence-corrected chi connectivity index (χ4v) is 4.87. The van der Waals surface area contributed by atoms with Gasteiger partial charge in [-0.25, -0.2) is 14.2 Å². The predicted octanol–water partition coefficient (Wildman–Crippen LogP) is 6.11. The number of rotatable bonds is 6. The Labute approximate surface area is 223 Å². The van der Waals surface area contributed by atoms with E-state index in [-0.39, 0.29) is 28.9 Å². The number of hydrogen-bond acceptors (Lipinski definition) is 5. The summed E-state index contributed by atoms with van der Waals surface area (Å²) in [5, 5.41) is 20.8. The average Bonchev–Trinajstić information content (AvgIpc) is 3.59. The van der Waals surface area contributed by atoms with E-state index in [0.29, 0.717) is 22.5 Å². The number of phenols is 1. The number of carbonyl (C=O) groups excluding carboxylic acids is 2. The van der Waals surface area contributed by atoms with Crippen LogP contribution in [-0.4, -0.2) is 31.8 Å². The molecule has 0 unspecified atom stereocenters. The Morgan fingerprint density at radius 3 is 2.61 bits per heavy atom. The number of amides is 2. The van der Waals surface area contributed by atoms with Crippen LogP contribution < -0.4 is 10.6 Å². The summed E-state index contributed by atoms with van der Waals surface area (Å²) in [6.07, 6.45) is 5.46. The van der Waals surface area contributed by atoms with Gasteiger partial charge in [0, 0.05) is 41.5 Å². The van der Waals surface area contributed by atoms with Crippen LogP contribution in [0.3, 0.4) is 0 Å². The van der Waals surface area contributed by atoms with E-state index in [1.54, 1.807) is 48.5 Å². The largest absolute Gasteiger partial charge is 0.507 e. The van der Waals surface area contributed by atoms with Crippen LogP contribution in [-0.2, 0) is 6.54 Å². The lowest BCUT2D eigenvalue weighted by Gasteiger charge is -2.12.